The average molecular weight is 466 g/mol. The molecule has 8 nitrogen and oxygen atoms in total. The molecule has 0 spiro atoms. The van der Waals surface area contributed by atoms with E-state index in [1.807, 2.05) is 19.9 Å². The number of aliphatic imine (C=N–C) groups is 1. The van der Waals surface area contributed by atoms with E-state index >= 15 is 0 Å². The van der Waals surface area contributed by atoms with Gasteiger partial charge in [-0.1, -0.05) is 6.07 Å². The number of hydrogen-bond donors (Lipinski definition) is 0. The van der Waals surface area contributed by atoms with E-state index in [0.29, 0.717) is 46.0 Å². The van der Waals surface area contributed by atoms with Gasteiger partial charge in [0, 0.05) is 6.54 Å². The van der Waals surface area contributed by atoms with Crippen LogP contribution in [0.3, 0.4) is 0 Å². The summed E-state index contributed by atoms with van der Waals surface area (Å²) in [6, 6.07) is 13.9. The molecule has 0 bridgehead atoms. The van der Waals surface area contributed by atoms with Crippen LogP contribution in [0.5, 0.6) is 11.5 Å². The summed E-state index contributed by atoms with van der Waals surface area (Å²) in [5.74, 6) is 0.411. The van der Waals surface area contributed by atoms with Crippen molar-refractivity contribution in [3.05, 3.63) is 58.5 Å². The molecule has 0 aliphatic carbocycles. The van der Waals surface area contributed by atoms with E-state index in [0.717, 1.165) is 5.56 Å². The van der Waals surface area contributed by atoms with Crippen LogP contribution in [0.15, 0.2) is 52.4 Å². The molecular weight excluding hydrogens is 442 g/mol. The highest BCUT2D eigenvalue weighted by atomic mass is 32.2. The lowest BCUT2D eigenvalue weighted by molar-refractivity contribution is -0.122. The van der Waals surface area contributed by atoms with Gasteiger partial charge in [-0.05, 0) is 73.6 Å². The van der Waals surface area contributed by atoms with Crippen molar-refractivity contribution in [2.24, 2.45) is 4.99 Å². The Morgan fingerprint density at radius 2 is 1.91 bits per heavy atom. The number of nitriles is 1. The van der Waals surface area contributed by atoms with Gasteiger partial charge in [-0.15, -0.1) is 0 Å². The van der Waals surface area contributed by atoms with Crippen molar-refractivity contribution in [2.45, 2.75) is 13.8 Å². The molecule has 0 radical (unpaired) electrons. The number of likely N-dealkylation sites (N-methyl/N-ethyl adjacent to an activating group) is 1. The molecule has 0 atom stereocenters. The van der Waals surface area contributed by atoms with Crippen LogP contribution in [0.25, 0.3) is 6.08 Å². The van der Waals surface area contributed by atoms with Gasteiger partial charge in [-0.2, -0.15) is 5.26 Å². The Morgan fingerprint density at radius 3 is 2.55 bits per heavy atom. The number of carbonyl (C=O) groups excluding carboxylic acids is 2. The minimum absolute atomic E-state index is 0.0826. The van der Waals surface area contributed by atoms with Gasteiger partial charge in [-0.25, -0.2) is 9.79 Å². The molecule has 1 fully saturated rings. The van der Waals surface area contributed by atoms with Gasteiger partial charge < -0.3 is 14.2 Å². The molecule has 9 heteroatoms. The summed E-state index contributed by atoms with van der Waals surface area (Å²) < 4.78 is 15.7. The second-order valence-electron chi connectivity index (χ2n) is 6.68. The summed E-state index contributed by atoms with van der Waals surface area (Å²) in [6.45, 7) is 4.56. The largest absolute Gasteiger partial charge is 0.490 e. The second kappa shape index (κ2) is 11.2. The Kier molecular flexibility index (Phi) is 8.11. The normalized spacial score (nSPS) is 15.6. The van der Waals surface area contributed by atoms with Crippen LogP contribution in [-0.2, 0) is 9.53 Å². The summed E-state index contributed by atoms with van der Waals surface area (Å²) in [5.41, 5.74) is 1.81. The lowest BCUT2D eigenvalue weighted by atomic mass is 10.2. The molecule has 1 aliphatic rings. The van der Waals surface area contributed by atoms with Crippen molar-refractivity contribution in [1.29, 1.82) is 5.26 Å². The smallest absolute Gasteiger partial charge is 0.337 e. The third-order valence-electron chi connectivity index (χ3n) is 4.58. The van der Waals surface area contributed by atoms with Crippen molar-refractivity contribution in [3.8, 4) is 17.6 Å². The molecule has 0 unspecified atom stereocenters. The van der Waals surface area contributed by atoms with Crippen molar-refractivity contribution >= 4 is 40.6 Å². The molecule has 1 heterocycles. The number of amidine groups is 1. The van der Waals surface area contributed by atoms with Crippen LogP contribution in [0.4, 0.5) is 5.69 Å². The molecule has 0 N–H and O–H groups in total. The third kappa shape index (κ3) is 5.73. The average Bonchev–Trinajstić information content (AvgIpc) is 3.12. The van der Waals surface area contributed by atoms with E-state index in [2.05, 4.69) is 4.99 Å². The molecule has 3 rings (SSSR count). The van der Waals surface area contributed by atoms with Gasteiger partial charge in [0.2, 0.25) is 0 Å². The van der Waals surface area contributed by atoms with Crippen LogP contribution in [0.1, 0.15) is 29.8 Å². The fourth-order valence-electron chi connectivity index (χ4n) is 3.03. The number of esters is 1. The quantitative estimate of drug-likeness (QED) is 0.421. The van der Waals surface area contributed by atoms with Crippen LogP contribution < -0.4 is 9.47 Å². The minimum Gasteiger partial charge on any atom is -0.490 e. The number of thioether (sulfide) groups is 1. The molecule has 1 aliphatic heterocycles. The highest BCUT2D eigenvalue weighted by Gasteiger charge is 2.32. The molecule has 1 saturated heterocycles. The minimum atomic E-state index is -0.421. The Labute approximate surface area is 196 Å². The molecule has 2 aromatic carbocycles. The monoisotopic (exact) mass is 465 g/mol. The zero-order valence-electron chi connectivity index (χ0n) is 18.5. The van der Waals surface area contributed by atoms with E-state index in [-0.39, 0.29) is 12.5 Å². The first kappa shape index (κ1) is 23.9. The second-order valence-corrected chi connectivity index (χ2v) is 7.69. The number of ether oxygens (including phenoxy) is 3. The number of benzene rings is 2. The molecule has 33 heavy (non-hydrogen) atoms. The summed E-state index contributed by atoms with van der Waals surface area (Å²) in [4.78, 5) is 31.3. The van der Waals surface area contributed by atoms with Crippen molar-refractivity contribution in [2.75, 3.05) is 26.9 Å². The zero-order valence-corrected chi connectivity index (χ0v) is 19.3. The van der Waals surface area contributed by atoms with Gasteiger partial charge >= 0.3 is 5.97 Å². The van der Waals surface area contributed by atoms with Gasteiger partial charge in [0.1, 0.15) is 6.07 Å². The Balaban J connectivity index is 1.87. The lowest BCUT2D eigenvalue weighted by Gasteiger charge is -2.12. The van der Waals surface area contributed by atoms with Crippen LogP contribution in [0.2, 0.25) is 0 Å². The van der Waals surface area contributed by atoms with Crippen LogP contribution in [0, 0.1) is 11.3 Å². The van der Waals surface area contributed by atoms with Gasteiger partial charge in [0.15, 0.2) is 23.3 Å². The third-order valence-corrected chi connectivity index (χ3v) is 5.58. The number of carbonyl (C=O) groups is 2. The number of rotatable bonds is 8. The Hall–Kier alpha value is -3.77. The molecule has 2 aromatic rings. The standard InChI is InChI=1S/C24H23N3O5S/c1-4-27-22(28)21(15-16-6-11-19(32-13-12-25)20(14-16)31-5-2)33-24(27)26-18-9-7-17(8-10-18)23(29)30-3/h6-11,14-15H,4-5,13H2,1-3H3/b21-15+,26-24?. The maximum absolute atomic E-state index is 12.9. The van der Waals surface area contributed by atoms with E-state index in [9.17, 15) is 9.59 Å². The highest BCUT2D eigenvalue weighted by Crippen LogP contribution is 2.36. The number of hydrogen-bond acceptors (Lipinski definition) is 8. The summed E-state index contributed by atoms with van der Waals surface area (Å²) in [6.07, 6.45) is 1.77. The first-order chi connectivity index (χ1) is 16.0. The SMILES string of the molecule is CCOc1cc(/C=C2/SC(=Nc3ccc(C(=O)OC)cc3)N(CC)C2=O)ccc1OCC#N. The van der Waals surface area contributed by atoms with Crippen LogP contribution >= 0.6 is 11.8 Å². The predicted octanol–water partition coefficient (Wildman–Crippen LogP) is 4.40. The fourth-order valence-corrected chi connectivity index (χ4v) is 4.10. The van der Waals surface area contributed by atoms with Gasteiger partial charge in [0.25, 0.3) is 5.91 Å². The number of amides is 1. The molecular formula is C24H23N3O5S. The summed E-state index contributed by atoms with van der Waals surface area (Å²) in [7, 11) is 1.33. The van der Waals surface area contributed by atoms with Crippen molar-refractivity contribution in [1.82, 2.24) is 4.90 Å². The Bertz CT molecular complexity index is 1140. The van der Waals surface area contributed by atoms with E-state index in [4.69, 9.17) is 19.5 Å². The van der Waals surface area contributed by atoms with E-state index < -0.39 is 5.97 Å². The topological polar surface area (TPSA) is 101 Å². The summed E-state index contributed by atoms with van der Waals surface area (Å²) >= 11 is 1.27. The molecule has 170 valence electrons. The molecule has 0 aromatic heterocycles. The van der Waals surface area contributed by atoms with Gasteiger partial charge in [-0.3, -0.25) is 9.69 Å². The van der Waals surface area contributed by atoms with Gasteiger partial charge in [0.05, 0.1) is 29.9 Å². The van der Waals surface area contributed by atoms with E-state index in [1.54, 1.807) is 53.4 Å². The number of nitrogens with zero attached hydrogens (tertiary/aromatic N) is 3. The summed E-state index contributed by atoms with van der Waals surface area (Å²) in [5, 5.41) is 9.30. The predicted molar refractivity (Wildman–Crippen MR) is 127 cm³/mol. The first-order valence-electron chi connectivity index (χ1n) is 10.3. The maximum atomic E-state index is 12.9. The molecule has 1 amide bonds. The highest BCUT2D eigenvalue weighted by molar-refractivity contribution is 8.18. The zero-order chi connectivity index (χ0) is 23.8. The number of methoxy groups -OCH3 is 1. The maximum Gasteiger partial charge on any atom is 0.337 e. The fraction of sp³-hybridized carbons (Fsp3) is 0.250. The van der Waals surface area contributed by atoms with E-state index in [1.165, 1.54) is 18.9 Å². The Morgan fingerprint density at radius 1 is 1.15 bits per heavy atom. The lowest BCUT2D eigenvalue weighted by Crippen LogP contribution is -2.28. The first-order valence-corrected chi connectivity index (χ1v) is 11.1. The van der Waals surface area contributed by atoms with Crippen molar-refractivity contribution in [3.63, 3.8) is 0 Å². The van der Waals surface area contributed by atoms with Crippen molar-refractivity contribution < 1.29 is 23.8 Å². The molecule has 0 saturated carbocycles. The van der Waals surface area contributed by atoms with Crippen LogP contribution in [-0.4, -0.2) is 48.8 Å².